The molecule has 0 bridgehead atoms. The highest BCUT2D eigenvalue weighted by Gasteiger charge is 2.11. The summed E-state index contributed by atoms with van der Waals surface area (Å²) in [6.45, 7) is 2.61. The monoisotopic (exact) mass is 236 g/mol. The van der Waals surface area contributed by atoms with Crippen molar-refractivity contribution in [2.75, 3.05) is 32.1 Å². The second-order valence-corrected chi connectivity index (χ2v) is 4.37. The molecule has 0 spiro atoms. The third-order valence-electron chi connectivity index (χ3n) is 2.76. The van der Waals surface area contributed by atoms with E-state index < -0.39 is 0 Å². The van der Waals surface area contributed by atoms with Crippen molar-refractivity contribution in [1.82, 2.24) is 10.2 Å². The van der Waals surface area contributed by atoms with Crippen LogP contribution in [-0.2, 0) is 0 Å². The van der Waals surface area contributed by atoms with Gasteiger partial charge in [-0.2, -0.15) is 0 Å². The Morgan fingerprint density at radius 2 is 2.06 bits per heavy atom. The van der Waals surface area contributed by atoms with Crippen LogP contribution in [0.15, 0.2) is 18.2 Å². The number of anilines is 2. The number of likely N-dealkylation sites (N-methyl/N-ethyl adjacent to an activating group) is 1. The molecular weight excluding hydrogens is 216 g/mol. The van der Waals surface area contributed by atoms with Crippen molar-refractivity contribution in [1.29, 1.82) is 0 Å². The van der Waals surface area contributed by atoms with Crippen LogP contribution in [0, 0.1) is 0 Å². The summed E-state index contributed by atoms with van der Waals surface area (Å²) in [4.78, 5) is 13.9. The molecule has 5 N–H and O–H groups in total. The fourth-order valence-corrected chi connectivity index (χ4v) is 1.31. The molecule has 0 aliphatic carbocycles. The van der Waals surface area contributed by atoms with E-state index in [1.54, 1.807) is 18.2 Å². The van der Waals surface area contributed by atoms with Gasteiger partial charge in [-0.1, -0.05) is 0 Å². The molecule has 1 rings (SSSR count). The van der Waals surface area contributed by atoms with Crippen LogP contribution in [0.4, 0.5) is 11.4 Å². The summed E-state index contributed by atoms with van der Waals surface area (Å²) in [5, 5.41) is 2.84. The summed E-state index contributed by atoms with van der Waals surface area (Å²) in [5.74, 6) is -0.170. The fourth-order valence-electron chi connectivity index (χ4n) is 1.31. The number of rotatable bonds is 4. The number of benzene rings is 1. The number of nitrogens with one attached hydrogen (secondary N) is 1. The van der Waals surface area contributed by atoms with Crippen molar-refractivity contribution in [3.63, 3.8) is 0 Å². The van der Waals surface area contributed by atoms with Crippen LogP contribution in [0.3, 0.4) is 0 Å². The summed E-state index contributed by atoms with van der Waals surface area (Å²) < 4.78 is 0. The molecular formula is C12H20N4O. The third kappa shape index (κ3) is 3.64. The topological polar surface area (TPSA) is 84.4 Å². The number of nitrogens with zero attached hydrogens (tertiary/aromatic N) is 1. The number of amides is 1. The number of carbonyl (C=O) groups is 1. The first-order valence-corrected chi connectivity index (χ1v) is 5.51. The van der Waals surface area contributed by atoms with E-state index in [0.29, 0.717) is 23.5 Å². The average Bonchev–Trinajstić information content (AvgIpc) is 2.25. The van der Waals surface area contributed by atoms with Crippen LogP contribution < -0.4 is 16.8 Å². The van der Waals surface area contributed by atoms with Crippen LogP contribution in [0.2, 0.25) is 0 Å². The molecule has 0 saturated heterocycles. The lowest BCUT2D eigenvalue weighted by atomic mass is 10.1. The molecule has 1 unspecified atom stereocenters. The van der Waals surface area contributed by atoms with Gasteiger partial charge < -0.3 is 21.7 Å². The first kappa shape index (κ1) is 13.3. The number of hydrogen-bond donors (Lipinski definition) is 3. The van der Waals surface area contributed by atoms with Gasteiger partial charge in [-0.15, -0.1) is 0 Å². The zero-order chi connectivity index (χ0) is 13.0. The molecule has 0 heterocycles. The lowest BCUT2D eigenvalue weighted by Crippen LogP contribution is -2.38. The molecule has 0 aliphatic rings. The minimum Gasteiger partial charge on any atom is -0.399 e. The summed E-state index contributed by atoms with van der Waals surface area (Å²) in [6, 6.07) is 5.17. The number of hydrogen-bond acceptors (Lipinski definition) is 4. The Morgan fingerprint density at radius 3 is 2.59 bits per heavy atom. The molecule has 0 radical (unpaired) electrons. The molecule has 1 aromatic rings. The molecule has 1 amide bonds. The highest BCUT2D eigenvalue weighted by molar-refractivity contribution is 5.99. The van der Waals surface area contributed by atoms with Gasteiger partial charge in [0.15, 0.2) is 0 Å². The van der Waals surface area contributed by atoms with Crippen molar-refractivity contribution < 1.29 is 4.79 Å². The van der Waals surface area contributed by atoms with Gasteiger partial charge in [0.2, 0.25) is 0 Å². The molecule has 5 nitrogen and oxygen atoms in total. The van der Waals surface area contributed by atoms with E-state index in [-0.39, 0.29) is 11.9 Å². The molecule has 0 fully saturated rings. The lowest BCUT2D eigenvalue weighted by Gasteiger charge is -2.20. The zero-order valence-corrected chi connectivity index (χ0v) is 10.5. The largest absolute Gasteiger partial charge is 0.399 e. The van der Waals surface area contributed by atoms with E-state index in [2.05, 4.69) is 5.32 Å². The standard InChI is InChI=1S/C12H20N4O/c1-8(16(2)3)7-15-12(17)10-5-4-9(13)6-11(10)14/h4-6,8H,7,13-14H2,1-3H3,(H,15,17). The van der Waals surface area contributed by atoms with Gasteiger partial charge in [-0.05, 0) is 39.2 Å². The van der Waals surface area contributed by atoms with Crippen molar-refractivity contribution in [3.8, 4) is 0 Å². The van der Waals surface area contributed by atoms with Crippen LogP contribution >= 0.6 is 0 Å². The highest BCUT2D eigenvalue weighted by Crippen LogP contribution is 2.15. The quantitative estimate of drug-likeness (QED) is 0.666. The number of nitrogens with two attached hydrogens (primary N) is 2. The summed E-state index contributed by atoms with van der Waals surface area (Å²) in [7, 11) is 3.93. The second-order valence-electron chi connectivity index (χ2n) is 4.37. The predicted molar refractivity (Wildman–Crippen MR) is 70.7 cm³/mol. The van der Waals surface area contributed by atoms with Crippen molar-refractivity contribution in [2.45, 2.75) is 13.0 Å². The first-order chi connectivity index (χ1) is 7.91. The van der Waals surface area contributed by atoms with Crippen LogP contribution in [-0.4, -0.2) is 37.5 Å². The minimum absolute atomic E-state index is 0.170. The van der Waals surface area contributed by atoms with Crippen LogP contribution in [0.25, 0.3) is 0 Å². The molecule has 94 valence electrons. The SMILES string of the molecule is CC(CNC(=O)c1ccc(N)cc1N)N(C)C. The summed E-state index contributed by atoms with van der Waals surface area (Å²) in [5.41, 5.74) is 12.7. The van der Waals surface area contributed by atoms with Crippen molar-refractivity contribution in [3.05, 3.63) is 23.8 Å². The molecule has 1 atom stereocenters. The Hall–Kier alpha value is -1.75. The Kier molecular flexibility index (Phi) is 4.34. The van der Waals surface area contributed by atoms with E-state index in [9.17, 15) is 4.79 Å². The number of nitrogen functional groups attached to an aromatic ring is 2. The van der Waals surface area contributed by atoms with Gasteiger partial charge in [0, 0.05) is 24.0 Å². The van der Waals surface area contributed by atoms with E-state index in [1.807, 2.05) is 25.9 Å². The maximum Gasteiger partial charge on any atom is 0.253 e. The van der Waals surface area contributed by atoms with Gasteiger partial charge >= 0.3 is 0 Å². The van der Waals surface area contributed by atoms with Gasteiger partial charge in [-0.3, -0.25) is 4.79 Å². The van der Waals surface area contributed by atoms with Crippen LogP contribution in [0.5, 0.6) is 0 Å². The predicted octanol–water partition coefficient (Wildman–Crippen LogP) is 0.531. The highest BCUT2D eigenvalue weighted by atomic mass is 16.1. The van der Waals surface area contributed by atoms with E-state index in [0.717, 1.165) is 0 Å². The molecule has 17 heavy (non-hydrogen) atoms. The second kappa shape index (κ2) is 5.54. The normalized spacial score (nSPS) is 12.5. The fraction of sp³-hybridized carbons (Fsp3) is 0.417. The van der Waals surface area contributed by atoms with Gasteiger partial charge in [0.05, 0.1) is 5.56 Å². The maximum absolute atomic E-state index is 11.9. The molecule has 0 aliphatic heterocycles. The van der Waals surface area contributed by atoms with E-state index in [1.165, 1.54) is 0 Å². The Bertz CT molecular complexity index is 403. The molecule has 0 saturated carbocycles. The van der Waals surface area contributed by atoms with Crippen molar-refractivity contribution in [2.24, 2.45) is 0 Å². The Balaban J connectivity index is 2.64. The molecule has 0 aromatic heterocycles. The summed E-state index contributed by atoms with van der Waals surface area (Å²) >= 11 is 0. The molecule has 5 heteroatoms. The van der Waals surface area contributed by atoms with Crippen LogP contribution in [0.1, 0.15) is 17.3 Å². The van der Waals surface area contributed by atoms with E-state index in [4.69, 9.17) is 11.5 Å². The van der Waals surface area contributed by atoms with Gasteiger partial charge in [0.25, 0.3) is 5.91 Å². The average molecular weight is 236 g/mol. The minimum atomic E-state index is -0.170. The Morgan fingerprint density at radius 1 is 1.41 bits per heavy atom. The third-order valence-corrected chi connectivity index (χ3v) is 2.76. The van der Waals surface area contributed by atoms with E-state index >= 15 is 0 Å². The number of carbonyl (C=O) groups excluding carboxylic acids is 1. The van der Waals surface area contributed by atoms with Crippen molar-refractivity contribution >= 4 is 17.3 Å². The lowest BCUT2D eigenvalue weighted by molar-refractivity contribution is 0.0944. The summed E-state index contributed by atoms with van der Waals surface area (Å²) in [6.07, 6.45) is 0. The first-order valence-electron chi connectivity index (χ1n) is 5.51. The van der Waals surface area contributed by atoms with Gasteiger partial charge in [0.1, 0.15) is 0 Å². The zero-order valence-electron chi connectivity index (χ0n) is 10.5. The Labute approximate surface area is 102 Å². The maximum atomic E-state index is 11.9. The van der Waals surface area contributed by atoms with Gasteiger partial charge in [-0.25, -0.2) is 0 Å². The smallest absolute Gasteiger partial charge is 0.253 e. The molecule has 1 aromatic carbocycles.